The van der Waals surface area contributed by atoms with Gasteiger partial charge in [0.15, 0.2) is 0 Å². The maximum Gasteiger partial charge on any atom is 0.253 e. The molecule has 0 aliphatic carbocycles. The molecule has 0 saturated carbocycles. The van der Waals surface area contributed by atoms with E-state index in [1.54, 1.807) is 21.0 Å². The van der Waals surface area contributed by atoms with Crippen LogP contribution >= 0.6 is 0 Å². The Balaban J connectivity index is 1.37. The lowest BCUT2D eigenvalue weighted by Crippen LogP contribution is -2.49. The molecule has 1 amide bonds. The van der Waals surface area contributed by atoms with Crippen molar-refractivity contribution in [2.24, 2.45) is 5.92 Å². The summed E-state index contributed by atoms with van der Waals surface area (Å²) in [5.74, 6) is 1.33. The van der Waals surface area contributed by atoms with E-state index in [0.717, 1.165) is 87.4 Å². The summed E-state index contributed by atoms with van der Waals surface area (Å²) in [4.78, 5) is 23.8. The van der Waals surface area contributed by atoms with E-state index in [1.807, 2.05) is 23.2 Å². The van der Waals surface area contributed by atoms with E-state index < -0.39 is 5.60 Å². The summed E-state index contributed by atoms with van der Waals surface area (Å²) in [6.07, 6.45) is 4.96. The lowest BCUT2D eigenvalue weighted by molar-refractivity contribution is -0.149. The Morgan fingerprint density at radius 1 is 1.12 bits per heavy atom. The van der Waals surface area contributed by atoms with Crippen molar-refractivity contribution in [3.63, 3.8) is 0 Å². The fraction of sp³-hybridized carbons (Fsp3) is 0.600. The third-order valence-electron chi connectivity index (χ3n) is 6.78. The van der Waals surface area contributed by atoms with Crippen LogP contribution in [0.1, 0.15) is 33.1 Å². The van der Waals surface area contributed by atoms with E-state index in [1.165, 1.54) is 0 Å². The number of piperidine rings is 1. The summed E-state index contributed by atoms with van der Waals surface area (Å²) >= 11 is 0. The molecule has 0 radical (unpaired) electrons. The standard InChI is InChI=1S/C25H36N4O3/c1-25(2,31)24(30)29-14-9-19(10-15-29)18-27-12-5-13-28(17-16-27)23-21(32-3)8-7-20-6-4-11-26-22(20)23/h4,6-8,11,19,31H,5,9-10,12-18H2,1-3H3. The van der Waals surface area contributed by atoms with Gasteiger partial charge in [-0.1, -0.05) is 6.07 Å². The first-order valence-electron chi connectivity index (χ1n) is 11.8. The van der Waals surface area contributed by atoms with Crippen molar-refractivity contribution in [2.75, 3.05) is 57.8 Å². The number of hydrogen-bond acceptors (Lipinski definition) is 6. The van der Waals surface area contributed by atoms with Gasteiger partial charge in [-0.15, -0.1) is 0 Å². The monoisotopic (exact) mass is 440 g/mol. The largest absolute Gasteiger partial charge is 0.494 e. The van der Waals surface area contributed by atoms with Crippen molar-refractivity contribution in [1.82, 2.24) is 14.8 Å². The fourth-order valence-electron chi connectivity index (χ4n) is 5.03. The van der Waals surface area contributed by atoms with Crippen molar-refractivity contribution in [3.8, 4) is 5.75 Å². The molecule has 2 aliphatic rings. The molecule has 174 valence electrons. The highest BCUT2D eigenvalue weighted by atomic mass is 16.5. The predicted octanol–water partition coefficient (Wildman–Crippen LogP) is 2.77. The molecule has 4 rings (SSSR count). The summed E-state index contributed by atoms with van der Waals surface area (Å²) in [6, 6.07) is 8.20. The highest BCUT2D eigenvalue weighted by Crippen LogP contribution is 2.35. The van der Waals surface area contributed by atoms with E-state index >= 15 is 0 Å². The smallest absolute Gasteiger partial charge is 0.253 e. The van der Waals surface area contributed by atoms with Crippen molar-refractivity contribution in [2.45, 2.75) is 38.7 Å². The number of ether oxygens (including phenoxy) is 1. The highest BCUT2D eigenvalue weighted by molar-refractivity contribution is 5.94. The van der Waals surface area contributed by atoms with E-state index in [9.17, 15) is 9.90 Å². The molecule has 3 heterocycles. The summed E-state index contributed by atoms with van der Waals surface area (Å²) in [5.41, 5.74) is 0.827. The van der Waals surface area contributed by atoms with Crippen molar-refractivity contribution >= 4 is 22.5 Å². The third-order valence-corrected chi connectivity index (χ3v) is 6.78. The van der Waals surface area contributed by atoms with Gasteiger partial charge < -0.3 is 24.5 Å². The Morgan fingerprint density at radius 2 is 1.91 bits per heavy atom. The average molecular weight is 441 g/mol. The SMILES string of the molecule is COc1ccc2cccnc2c1N1CCCN(CC2CCN(C(=O)C(C)(C)O)CC2)CC1. The summed E-state index contributed by atoms with van der Waals surface area (Å²) in [6.45, 7) is 9.73. The molecule has 1 aromatic heterocycles. The molecule has 2 fully saturated rings. The van der Waals surface area contributed by atoms with Crippen LogP contribution in [-0.2, 0) is 4.79 Å². The molecule has 0 atom stereocenters. The molecule has 1 N–H and O–H groups in total. The summed E-state index contributed by atoms with van der Waals surface area (Å²) in [5, 5.41) is 11.1. The maximum absolute atomic E-state index is 12.3. The van der Waals surface area contributed by atoms with E-state index in [4.69, 9.17) is 4.74 Å². The van der Waals surface area contributed by atoms with Crippen LogP contribution in [0.5, 0.6) is 5.75 Å². The molecule has 2 aliphatic heterocycles. The van der Waals surface area contributed by atoms with E-state index in [-0.39, 0.29) is 5.91 Å². The second kappa shape index (κ2) is 9.63. The number of fused-ring (bicyclic) bond motifs is 1. The van der Waals surface area contributed by atoms with Gasteiger partial charge in [0.2, 0.25) is 0 Å². The van der Waals surface area contributed by atoms with Gasteiger partial charge in [0.1, 0.15) is 17.0 Å². The van der Waals surface area contributed by atoms with Gasteiger partial charge in [0, 0.05) is 50.9 Å². The number of aromatic nitrogens is 1. The minimum atomic E-state index is -1.28. The Bertz CT molecular complexity index is 934. The fourth-order valence-corrected chi connectivity index (χ4v) is 5.03. The summed E-state index contributed by atoms with van der Waals surface area (Å²) < 4.78 is 5.70. The number of benzene rings is 1. The van der Waals surface area contributed by atoms with Crippen LogP contribution in [0.3, 0.4) is 0 Å². The van der Waals surface area contributed by atoms with Crippen molar-refractivity contribution in [1.29, 1.82) is 0 Å². The zero-order valence-electron chi connectivity index (χ0n) is 19.6. The maximum atomic E-state index is 12.3. The Morgan fingerprint density at radius 3 is 2.62 bits per heavy atom. The van der Waals surface area contributed by atoms with E-state index in [0.29, 0.717) is 5.92 Å². The van der Waals surface area contributed by atoms with Crippen LogP contribution in [0.25, 0.3) is 10.9 Å². The number of methoxy groups -OCH3 is 1. The number of carbonyl (C=O) groups excluding carboxylic acids is 1. The predicted molar refractivity (Wildman–Crippen MR) is 127 cm³/mol. The second-order valence-corrected chi connectivity index (χ2v) is 9.63. The number of anilines is 1. The number of pyridine rings is 1. The van der Waals surface area contributed by atoms with Crippen LogP contribution in [-0.4, -0.2) is 84.3 Å². The van der Waals surface area contributed by atoms with Crippen LogP contribution in [0, 0.1) is 5.92 Å². The molecule has 0 unspecified atom stereocenters. The number of rotatable bonds is 5. The number of carbonyl (C=O) groups is 1. The lowest BCUT2D eigenvalue weighted by Gasteiger charge is -2.36. The number of amides is 1. The average Bonchev–Trinajstić information content (AvgIpc) is 3.03. The van der Waals surface area contributed by atoms with Crippen LogP contribution in [0.4, 0.5) is 5.69 Å². The number of likely N-dealkylation sites (tertiary alicyclic amines) is 1. The van der Waals surface area contributed by atoms with Crippen LogP contribution in [0.15, 0.2) is 30.5 Å². The molecule has 7 heteroatoms. The minimum Gasteiger partial charge on any atom is -0.494 e. The first-order valence-corrected chi connectivity index (χ1v) is 11.8. The Labute approximate surface area is 191 Å². The lowest BCUT2D eigenvalue weighted by atomic mass is 9.94. The molecule has 0 bridgehead atoms. The quantitative estimate of drug-likeness (QED) is 0.771. The first-order chi connectivity index (χ1) is 15.4. The Kier molecular flexibility index (Phi) is 6.86. The first kappa shape index (κ1) is 22.8. The normalized spacial score (nSPS) is 19.2. The highest BCUT2D eigenvalue weighted by Gasteiger charge is 2.32. The molecule has 7 nitrogen and oxygen atoms in total. The zero-order chi connectivity index (χ0) is 22.7. The minimum absolute atomic E-state index is 0.154. The van der Waals surface area contributed by atoms with Gasteiger partial charge >= 0.3 is 0 Å². The number of hydrogen-bond donors (Lipinski definition) is 1. The molecule has 2 saturated heterocycles. The van der Waals surface area contributed by atoms with Gasteiger partial charge in [0.25, 0.3) is 5.91 Å². The van der Waals surface area contributed by atoms with Gasteiger partial charge in [0.05, 0.1) is 12.6 Å². The Hall–Kier alpha value is -2.38. The van der Waals surface area contributed by atoms with Crippen molar-refractivity contribution in [3.05, 3.63) is 30.5 Å². The molecule has 1 aromatic carbocycles. The molecular weight excluding hydrogens is 404 g/mol. The number of nitrogens with zero attached hydrogens (tertiary/aromatic N) is 4. The topological polar surface area (TPSA) is 69.1 Å². The second-order valence-electron chi connectivity index (χ2n) is 9.63. The molecule has 32 heavy (non-hydrogen) atoms. The van der Waals surface area contributed by atoms with Gasteiger partial charge in [-0.05, 0) is 63.8 Å². The van der Waals surface area contributed by atoms with Crippen LogP contribution in [0.2, 0.25) is 0 Å². The molecule has 0 spiro atoms. The van der Waals surface area contributed by atoms with Gasteiger partial charge in [-0.2, -0.15) is 0 Å². The molecule has 2 aromatic rings. The third kappa shape index (κ3) is 4.99. The van der Waals surface area contributed by atoms with Gasteiger partial charge in [-0.25, -0.2) is 0 Å². The zero-order valence-corrected chi connectivity index (χ0v) is 19.6. The molecular formula is C25H36N4O3. The van der Waals surface area contributed by atoms with E-state index in [2.05, 4.69) is 26.9 Å². The van der Waals surface area contributed by atoms with Crippen LogP contribution < -0.4 is 9.64 Å². The van der Waals surface area contributed by atoms with Gasteiger partial charge in [-0.3, -0.25) is 9.78 Å². The number of aliphatic hydroxyl groups is 1. The summed E-state index contributed by atoms with van der Waals surface area (Å²) in [7, 11) is 1.73. The van der Waals surface area contributed by atoms with Crippen molar-refractivity contribution < 1.29 is 14.6 Å².